The molecule has 1 N–H and O–H groups in total. The predicted octanol–water partition coefficient (Wildman–Crippen LogP) is 3.74. The van der Waals surface area contributed by atoms with Crippen molar-refractivity contribution in [3.63, 3.8) is 0 Å². The molecule has 0 heterocycles. The van der Waals surface area contributed by atoms with Crippen molar-refractivity contribution in [1.29, 1.82) is 0 Å². The summed E-state index contributed by atoms with van der Waals surface area (Å²) in [6.45, 7) is 16.2. The molecule has 0 amide bonds. The molecular formula is C14H25N. The van der Waals surface area contributed by atoms with Crippen molar-refractivity contribution in [3.05, 3.63) is 61.7 Å². The molecule has 0 aliphatic carbocycles. The summed E-state index contributed by atoms with van der Waals surface area (Å²) in [5.74, 6) is 0. The van der Waals surface area contributed by atoms with E-state index < -0.39 is 0 Å². The van der Waals surface area contributed by atoms with Gasteiger partial charge in [0.1, 0.15) is 0 Å². The Hall–Kier alpha value is -1.34. The highest BCUT2D eigenvalue weighted by atomic mass is 14.7. The van der Waals surface area contributed by atoms with Gasteiger partial charge in [-0.1, -0.05) is 35.4 Å². The summed E-state index contributed by atoms with van der Waals surface area (Å²) in [5.41, 5.74) is 2.66. The molecule has 0 aliphatic heterocycles. The monoisotopic (exact) mass is 207 g/mol. The highest BCUT2D eigenvalue weighted by molar-refractivity contribution is 5.19. The van der Waals surface area contributed by atoms with E-state index in [2.05, 4.69) is 69.7 Å². The molecule has 0 aliphatic rings. The maximum atomic E-state index is 3.00. The van der Waals surface area contributed by atoms with Crippen LogP contribution in [0.2, 0.25) is 0 Å². The van der Waals surface area contributed by atoms with Crippen LogP contribution in [0.15, 0.2) is 50.6 Å². The van der Waals surface area contributed by atoms with Crippen molar-refractivity contribution in [2.75, 3.05) is 14.1 Å². The molecule has 0 saturated carbocycles. The van der Waals surface area contributed by atoms with E-state index in [4.69, 9.17) is 0 Å². The van der Waals surface area contributed by atoms with Crippen LogP contribution in [-0.2, 0) is 0 Å². The van der Waals surface area contributed by atoms with E-state index in [1.165, 1.54) is 11.1 Å². The molecule has 0 bridgehead atoms. The SMILES string of the molecule is C=C.C=C.CNC.Cc1ccc(C)cc1. The predicted molar refractivity (Wildman–Crippen MR) is 73.4 cm³/mol. The minimum Gasteiger partial charge on any atom is -0.323 e. The molecule has 1 rings (SSSR count). The van der Waals surface area contributed by atoms with Gasteiger partial charge in [0.15, 0.2) is 0 Å². The second-order valence-corrected chi connectivity index (χ2v) is 2.65. The molecule has 0 fully saturated rings. The van der Waals surface area contributed by atoms with Gasteiger partial charge >= 0.3 is 0 Å². The molecular weight excluding hydrogens is 182 g/mol. The molecule has 0 saturated heterocycles. The molecule has 0 radical (unpaired) electrons. The van der Waals surface area contributed by atoms with Gasteiger partial charge in [-0.05, 0) is 27.9 Å². The van der Waals surface area contributed by atoms with E-state index in [0.29, 0.717) is 0 Å². The summed E-state index contributed by atoms with van der Waals surface area (Å²) in [5, 5.41) is 2.75. The Morgan fingerprint density at radius 1 is 0.733 bits per heavy atom. The zero-order chi connectivity index (χ0) is 12.7. The summed E-state index contributed by atoms with van der Waals surface area (Å²) in [7, 11) is 3.75. The lowest BCUT2D eigenvalue weighted by atomic mass is 10.2. The highest BCUT2D eigenvalue weighted by Gasteiger charge is 1.79. The van der Waals surface area contributed by atoms with Gasteiger partial charge < -0.3 is 5.32 Å². The van der Waals surface area contributed by atoms with E-state index in [1.54, 1.807) is 0 Å². The third-order valence-electron chi connectivity index (χ3n) is 1.22. The van der Waals surface area contributed by atoms with E-state index in [9.17, 15) is 0 Å². The Morgan fingerprint density at radius 2 is 0.867 bits per heavy atom. The van der Waals surface area contributed by atoms with E-state index in [1.807, 2.05) is 14.1 Å². The fourth-order valence-corrected chi connectivity index (χ4v) is 0.637. The smallest absolute Gasteiger partial charge is 0.0167 e. The van der Waals surface area contributed by atoms with Crippen LogP contribution in [0.5, 0.6) is 0 Å². The van der Waals surface area contributed by atoms with Gasteiger partial charge in [-0.2, -0.15) is 0 Å². The third-order valence-corrected chi connectivity index (χ3v) is 1.22. The van der Waals surface area contributed by atoms with Crippen LogP contribution in [0.4, 0.5) is 0 Å². The molecule has 1 aromatic rings. The number of hydrogen-bond donors (Lipinski definition) is 1. The largest absolute Gasteiger partial charge is 0.323 e. The Labute approximate surface area is 95.5 Å². The zero-order valence-corrected chi connectivity index (χ0v) is 10.6. The summed E-state index contributed by atoms with van der Waals surface area (Å²) in [6.07, 6.45) is 0. The van der Waals surface area contributed by atoms with E-state index in [0.717, 1.165) is 0 Å². The van der Waals surface area contributed by atoms with Gasteiger partial charge in [0.05, 0.1) is 0 Å². The lowest BCUT2D eigenvalue weighted by molar-refractivity contribution is 1.02. The fourth-order valence-electron chi connectivity index (χ4n) is 0.637. The molecule has 1 aromatic carbocycles. The minimum absolute atomic E-state index is 1.33. The van der Waals surface area contributed by atoms with Crippen LogP contribution < -0.4 is 5.32 Å². The second-order valence-electron chi connectivity index (χ2n) is 2.65. The van der Waals surface area contributed by atoms with Gasteiger partial charge in [0.25, 0.3) is 0 Å². The lowest BCUT2D eigenvalue weighted by Crippen LogP contribution is -1.89. The molecule has 1 heteroatoms. The van der Waals surface area contributed by atoms with Crippen molar-refractivity contribution in [2.45, 2.75) is 13.8 Å². The molecule has 15 heavy (non-hydrogen) atoms. The van der Waals surface area contributed by atoms with Gasteiger partial charge in [0.2, 0.25) is 0 Å². The van der Waals surface area contributed by atoms with Crippen molar-refractivity contribution in [1.82, 2.24) is 5.32 Å². The van der Waals surface area contributed by atoms with E-state index in [-0.39, 0.29) is 0 Å². The van der Waals surface area contributed by atoms with Crippen LogP contribution in [0.1, 0.15) is 11.1 Å². The van der Waals surface area contributed by atoms with Crippen LogP contribution in [0.25, 0.3) is 0 Å². The molecule has 0 unspecified atom stereocenters. The topological polar surface area (TPSA) is 12.0 Å². The number of nitrogens with one attached hydrogen (secondary N) is 1. The molecule has 0 aromatic heterocycles. The summed E-state index contributed by atoms with van der Waals surface area (Å²) in [6, 6.07) is 8.48. The van der Waals surface area contributed by atoms with Crippen LogP contribution in [0, 0.1) is 13.8 Å². The van der Waals surface area contributed by atoms with Crippen molar-refractivity contribution in [3.8, 4) is 0 Å². The Kier molecular flexibility index (Phi) is 23.7. The first kappa shape index (κ1) is 19.3. The van der Waals surface area contributed by atoms with Crippen LogP contribution >= 0.6 is 0 Å². The van der Waals surface area contributed by atoms with Gasteiger partial charge in [-0.25, -0.2) is 0 Å². The maximum absolute atomic E-state index is 3.00. The minimum atomic E-state index is 1.33. The van der Waals surface area contributed by atoms with Crippen LogP contribution in [-0.4, -0.2) is 14.1 Å². The van der Waals surface area contributed by atoms with Crippen molar-refractivity contribution >= 4 is 0 Å². The van der Waals surface area contributed by atoms with Crippen molar-refractivity contribution < 1.29 is 0 Å². The normalized spacial score (nSPS) is 6.67. The molecule has 1 nitrogen and oxygen atoms in total. The maximum Gasteiger partial charge on any atom is -0.0167 e. The van der Waals surface area contributed by atoms with Gasteiger partial charge in [-0.15, -0.1) is 26.3 Å². The first-order valence-electron chi connectivity index (χ1n) is 4.82. The Balaban J connectivity index is -0.000000176. The quantitative estimate of drug-likeness (QED) is 0.639. The fraction of sp³-hybridized carbons (Fsp3) is 0.286. The average Bonchev–Trinajstić information content (AvgIpc) is 2.29. The standard InChI is InChI=1S/C8H10.C2H7N.2C2H4/c1-7-3-5-8(2)6-4-7;1-3-2;2*1-2/h3-6H,1-2H3;3H,1-2H3;2*1-2H2. The molecule has 86 valence electrons. The lowest BCUT2D eigenvalue weighted by Gasteiger charge is -1.90. The third kappa shape index (κ3) is 19.2. The van der Waals surface area contributed by atoms with Gasteiger partial charge in [0, 0.05) is 0 Å². The van der Waals surface area contributed by atoms with Crippen LogP contribution in [0.3, 0.4) is 0 Å². The summed E-state index contributed by atoms with van der Waals surface area (Å²) < 4.78 is 0. The number of aryl methyl sites for hydroxylation is 2. The molecule has 0 spiro atoms. The first-order chi connectivity index (χ1) is 7.20. The Morgan fingerprint density at radius 3 is 1.00 bits per heavy atom. The first-order valence-corrected chi connectivity index (χ1v) is 4.82. The highest BCUT2D eigenvalue weighted by Crippen LogP contribution is 1.99. The average molecular weight is 207 g/mol. The number of hydrogen-bond acceptors (Lipinski definition) is 1. The summed E-state index contributed by atoms with van der Waals surface area (Å²) >= 11 is 0. The second kappa shape index (κ2) is 18.4. The van der Waals surface area contributed by atoms with Gasteiger partial charge in [-0.3, -0.25) is 0 Å². The molecule has 0 atom stereocenters. The number of rotatable bonds is 0. The van der Waals surface area contributed by atoms with E-state index >= 15 is 0 Å². The zero-order valence-electron chi connectivity index (χ0n) is 10.6. The van der Waals surface area contributed by atoms with Crippen molar-refractivity contribution in [2.24, 2.45) is 0 Å². The number of benzene rings is 1. The summed E-state index contributed by atoms with van der Waals surface area (Å²) in [4.78, 5) is 0. The Bertz CT molecular complexity index is 178.